The third-order valence-corrected chi connectivity index (χ3v) is 4.87. The Balaban J connectivity index is 2.00. The summed E-state index contributed by atoms with van der Waals surface area (Å²) in [7, 11) is 2.19. The second-order valence-electron chi connectivity index (χ2n) is 6.39. The standard InChI is InChI=1S/C18H25N3/c1-13-6-5-7-15(10-13)21(2)18-17-9-4-3-8-16(17)14(11-19)12-20-18/h3-4,8-9,12-13,15H,5-7,10-11,19H2,1-2H3. The summed E-state index contributed by atoms with van der Waals surface area (Å²) < 4.78 is 0. The lowest BCUT2D eigenvalue weighted by Crippen LogP contribution is -2.36. The van der Waals surface area contributed by atoms with Crippen molar-refractivity contribution in [2.24, 2.45) is 11.7 Å². The molecule has 1 saturated carbocycles. The highest BCUT2D eigenvalue weighted by molar-refractivity contribution is 5.94. The van der Waals surface area contributed by atoms with Gasteiger partial charge in [0.25, 0.3) is 0 Å². The molecule has 21 heavy (non-hydrogen) atoms. The second kappa shape index (κ2) is 6.02. The van der Waals surface area contributed by atoms with E-state index in [9.17, 15) is 0 Å². The number of aromatic nitrogens is 1. The highest BCUT2D eigenvalue weighted by atomic mass is 15.2. The van der Waals surface area contributed by atoms with Crippen molar-refractivity contribution in [2.75, 3.05) is 11.9 Å². The van der Waals surface area contributed by atoms with Crippen LogP contribution in [0, 0.1) is 5.92 Å². The molecule has 2 N–H and O–H groups in total. The first-order valence-electron chi connectivity index (χ1n) is 8.00. The largest absolute Gasteiger partial charge is 0.356 e. The minimum atomic E-state index is 0.540. The normalized spacial score (nSPS) is 22.4. The molecule has 1 aromatic carbocycles. The lowest BCUT2D eigenvalue weighted by molar-refractivity contribution is 0.336. The second-order valence-corrected chi connectivity index (χ2v) is 6.39. The van der Waals surface area contributed by atoms with E-state index in [4.69, 9.17) is 10.7 Å². The molecule has 1 heterocycles. The Morgan fingerprint density at radius 2 is 2.00 bits per heavy atom. The van der Waals surface area contributed by atoms with Crippen LogP contribution in [0.4, 0.5) is 5.82 Å². The molecule has 0 amide bonds. The van der Waals surface area contributed by atoms with Gasteiger partial charge >= 0.3 is 0 Å². The molecule has 3 nitrogen and oxygen atoms in total. The average Bonchev–Trinajstić information content (AvgIpc) is 2.53. The fourth-order valence-electron chi connectivity index (χ4n) is 3.61. The van der Waals surface area contributed by atoms with Gasteiger partial charge in [-0.1, -0.05) is 44.0 Å². The van der Waals surface area contributed by atoms with Crippen molar-refractivity contribution in [3.05, 3.63) is 36.0 Å². The van der Waals surface area contributed by atoms with Crippen LogP contribution in [0.15, 0.2) is 30.5 Å². The van der Waals surface area contributed by atoms with E-state index in [1.165, 1.54) is 36.5 Å². The highest BCUT2D eigenvalue weighted by Gasteiger charge is 2.24. The zero-order valence-electron chi connectivity index (χ0n) is 13.0. The van der Waals surface area contributed by atoms with Crippen LogP contribution in [0.2, 0.25) is 0 Å². The summed E-state index contributed by atoms with van der Waals surface area (Å²) >= 11 is 0. The van der Waals surface area contributed by atoms with E-state index in [0.29, 0.717) is 12.6 Å². The lowest BCUT2D eigenvalue weighted by Gasteiger charge is -2.35. The molecule has 1 aliphatic rings. The molecule has 0 spiro atoms. The van der Waals surface area contributed by atoms with Gasteiger partial charge < -0.3 is 10.6 Å². The summed E-state index contributed by atoms with van der Waals surface area (Å²) in [5.74, 6) is 1.92. The van der Waals surface area contributed by atoms with Gasteiger partial charge in [0, 0.05) is 31.2 Å². The van der Waals surface area contributed by atoms with Crippen molar-refractivity contribution in [3.63, 3.8) is 0 Å². The number of pyridine rings is 1. The predicted molar refractivity (Wildman–Crippen MR) is 89.5 cm³/mol. The lowest BCUT2D eigenvalue weighted by atomic mass is 9.86. The van der Waals surface area contributed by atoms with Crippen molar-refractivity contribution in [1.82, 2.24) is 4.98 Å². The number of benzene rings is 1. The molecule has 3 rings (SSSR count). The van der Waals surface area contributed by atoms with Crippen molar-refractivity contribution in [2.45, 2.75) is 45.2 Å². The maximum absolute atomic E-state index is 5.85. The summed E-state index contributed by atoms with van der Waals surface area (Å²) in [5, 5.41) is 2.46. The summed E-state index contributed by atoms with van der Waals surface area (Å²) in [6, 6.07) is 9.09. The van der Waals surface area contributed by atoms with Crippen LogP contribution in [-0.4, -0.2) is 18.1 Å². The predicted octanol–water partition coefficient (Wildman–Crippen LogP) is 3.71. The molecule has 0 bridgehead atoms. The Labute approximate surface area is 127 Å². The van der Waals surface area contributed by atoms with Crippen LogP contribution in [0.1, 0.15) is 38.2 Å². The third-order valence-electron chi connectivity index (χ3n) is 4.87. The Hall–Kier alpha value is -1.61. The number of hydrogen-bond donors (Lipinski definition) is 1. The first-order valence-corrected chi connectivity index (χ1v) is 8.00. The van der Waals surface area contributed by atoms with Gasteiger partial charge in [0.05, 0.1) is 0 Å². The van der Waals surface area contributed by atoms with Crippen molar-refractivity contribution < 1.29 is 0 Å². The first kappa shape index (κ1) is 14.3. The molecule has 2 unspecified atom stereocenters. The van der Waals surface area contributed by atoms with Gasteiger partial charge in [-0.2, -0.15) is 0 Å². The minimum Gasteiger partial charge on any atom is -0.356 e. The summed E-state index contributed by atoms with van der Waals surface area (Å²) in [6.45, 7) is 2.90. The van der Waals surface area contributed by atoms with Crippen LogP contribution in [0.3, 0.4) is 0 Å². The van der Waals surface area contributed by atoms with Gasteiger partial charge in [0.2, 0.25) is 0 Å². The van der Waals surface area contributed by atoms with E-state index in [-0.39, 0.29) is 0 Å². The Morgan fingerprint density at radius 1 is 1.24 bits per heavy atom. The zero-order valence-corrected chi connectivity index (χ0v) is 13.0. The number of nitrogens with two attached hydrogens (primary N) is 1. The molecule has 0 radical (unpaired) electrons. The maximum Gasteiger partial charge on any atom is 0.136 e. The molecule has 112 valence electrons. The number of hydrogen-bond acceptors (Lipinski definition) is 3. The molecule has 2 aromatic rings. The van der Waals surface area contributed by atoms with Crippen LogP contribution in [0.5, 0.6) is 0 Å². The monoisotopic (exact) mass is 283 g/mol. The fourth-order valence-corrected chi connectivity index (χ4v) is 3.61. The van der Waals surface area contributed by atoms with E-state index < -0.39 is 0 Å². The van der Waals surface area contributed by atoms with Gasteiger partial charge in [0.1, 0.15) is 5.82 Å². The van der Waals surface area contributed by atoms with Crippen molar-refractivity contribution >= 4 is 16.6 Å². The van der Waals surface area contributed by atoms with E-state index in [1.807, 2.05) is 6.20 Å². The molecular weight excluding hydrogens is 258 g/mol. The number of fused-ring (bicyclic) bond motifs is 1. The summed E-state index contributed by atoms with van der Waals surface area (Å²) in [4.78, 5) is 7.11. The summed E-state index contributed by atoms with van der Waals surface area (Å²) in [5.41, 5.74) is 6.97. The summed E-state index contributed by atoms with van der Waals surface area (Å²) in [6.07, 6.45) is 7.18. The number of nitrogens with zero attached hydrogens (tertiary/aromatic N) is 2. The zero-order chi connectivity index (χ0) is 14.8. The van der Waals surface area contributed by atoms with Gasteiger partial charge in [-0.15, -0.1) is 0 Å². The SMILES string of the molecule is CC1CCCC(N(C)c2ncc(CN)c3ccccc23)C1. The molecule has 0 aliphatic heterocycles. The van der Waals surface area contributed by atoms with Crippen LogP contribution >= 0.6 is 0 Å². The topological polar surface area (TPSA) is 42.2 Å². The first-order chi connectivity index (χ1) is 10.2. The molecule has 3 heteroatoms. The van der Waals surface area contributed by atoms with Crippen LogP contribution in [0.25, 0.3) is 10.8 Å². The maximum atomic E-state index is 5.85. The molecule has 1 aromatic heterocycles. The smallest absolute Gasteiger partial charge is 0.136 e. The molecule has 0 saturated heterocycles. The Bertz CT molecular complexity index is 623. The van der Waals surface area contributed by atoms with Gasteiger partial charge in [0.15, 0.2) is 0 Å². The number of rotatable bonds is 3. The van der Waals surface area contributed by atoms with Gasteiger partial charge in [-0.25, -0.2) is 4.98 Å². The van der Waals surface area contributed by atoms with Crippen LogP contribution in [-0.2, 0) is 6.54 Å². The van der Waals surface area contributed by atoms with Crippen molar-refractivity contribution in [1.29, 1.82) is 0 Å². The molecule has 1 fully saturated rings. The van der Waals surface area contributed by atoms with E-state index in [0.717, 1.165) is 17.3 Å². The van der Waals surface area contributed by atoms with Gasteiger partial charge in [-0.3, -0.25) is 0 Å². The van der Waals surface area contributed by atoms with E-state index >= 15 is 0 Å². The molecule has 1 aliphatic carbocycles. The minimum absolute atomic E-state index is 0.540. The van der Waals surface area contributed by atoms with Crippen LogP contribution < -0.4 is 10.6 Å². The Morgan fingerprint density at radius 3 is 2.71 bits per heavy atom. The third kappa shape index (κ3) is 2.75. The fraction of sp³-hybridized carbons (Fsp3) is 0.500. The average molecular weight is 283 g/mol. The Kier molecular flexibility index (Phi) is 4.11. The molecular formula is C18H25N3. The quantitative estimate of drug-likeness (QED) is 0.933. The highest BCUT2D eigenvalue weighted by Crippen LogP contribution is 2.32. The number of anilines is 1. The van der Waals surface area contributed by atoms with E-state index in [1.54, 1.807) is 0 Å². The molecule has 2 atom stereocenters. The van der Waals surface area contributed by atoms with Gasteiger partial charge in [-0.05, 0) is 29.7 Å². The van der Waals surface area contributed by atoms with Crippen molar-refractivity contribution in [3.8, 4) is 0 Å². The van der Waals surface area contributed by atoms with E-state index in [2.05, 4.69) is 43.1 Å².